The van der Waals surface area contributed by atoms with Crippen molar-refractivity contribution >= 4 is 0 Å². The van der Waals surface area contributed by atoms with Gasteiger partial charge in [-0.15, -0.1) is 0 Å². The molecule has 0 spiro atoms. The summed E-state index contributed by atoms with van der Waals surface area (Å²) in [5.74, 6) is 0.795. The zero-order valence-corrected chi connectivity index (χ0v) is 7.75. The number of aliphatic hydroxyl groups excluding tert-OH is 2. The first-order chi connectivity index (χ1) is 6.72. The molecule has 6 nitrogen and oxygen atoms in total. The van der Waals surface area contributed by atoms with E-state index in [0.29, 0.717) is 18.1 Å². The molecule has 2 rings (SSSR count). The fourth-order valence-electron chi connectivity index (χ4n) is 1.36. The third kappa shape index (κ3) is 1.52. The Bertz CT molecular complexity index is 314. The van der Waals surface area contributed by atoms with Crippen LogP contribution in [0, 0.1) is 0 Å². The van der Waals surface area contributed by atoms with Crippen molar-refractivity contribution < 1.29 is 19.5 Å². The van der Waals surface area contributed by atoms with Crippen molar-refractivity contribution in [3.8, 4) is 0 Å². The van der Waals surface area contributed by atoms with Crippen LogP contribution in [0.2, 0.25) is 0 Å². The minimum atomic E-state index is -0.975. The van der Waals surface area contributed by atoms with Crippen LogP contribution in [0.25, 0.3) is 0 Å². The van der Waals surface area contributed by atoms with Gasteiger partial charge in [0, 0.05) is 6.42 Å². The zero-order chi connectivity index (χ0) is 10.1. The molecule has 78 valence electrons. The molecule has 0 amide bonds. The Labute approximate surface area is 80.5 Å². The summed E-state index contributed by atoms with van der Waals surface area (Å²) in [4.78, 5) is 4.02. The molecule has 6 heteroatoms. The highest BCUT2D eigenvalue weighted by atomic mass is 16.5. The van der Waals surface area contributed by atoms with Crippen molar-refractivity contribution in [2.45, 2.75) is 31.7 Å². The number of aryl methyl sites for hydroxylation is 1. The van der Waals surface area contributed by atoms with E-state index in [1.165, 1.54) is 0 Å². The van der Waals surface area contributed by atoms with Crippen LogP contribution in [-0.2, 0) is 11.2 Å². The first-order valence-corrected chi connectivity index (χ1v) is 4.52. The summed E-state index contributed by atoms with van der Waals surface area (Å²) in [5, 5.41) is 22.4. The molecule has 0 aromatic carbocycles. The molecule has 3 atom stereocenters. The van der Waals surface area contributed by atoms with Crippen molar-refractivity contribution in [3.63, 3.8) is 0 Å². The molecule has 1 fully saturated rings. The average molecular weight is 200 g/mol. The summed E-state index contributed by atoms with van der Waals surface area (Å²) in [6.07, 6.45) is -1.88. The smallest absolute Gasteiger partial charge is 0.226 e. The molecule has 0 aliphatic carbocycles. The minimum absolute atomic E-state index is 0.0990. The molecule has 1 aromatic rings. The second-order valence-corrected chi connectivity index (χ2v) is 3.21. The van der Waals surface area contributed by atoms with Crippen molar-refractivity contribution in [3.05, 3.63) is 11.7 Å². The van der Waals surface area contributed by atoms with Gasteiger partial charge in [-0.2, -0.15) is 4.98 Å². The highest BCUT2D eigenvalue weighted by molar-refractivity contribution is 4.99. The number of rotatable bonds is 2. The van der Waals surface area contributed by atoms with Crippen LogP contribution in [0.15, 0.2) is 4.52 Å². The Morgan fingerprint density at radius 3 is 2.79 bits per heavy atom. The van der Waals surface area contributed by atoms with E-state index in [9.17, 15) is 10.2 Å². The maximum Gasteiger partial charge on any atom is 0.226 e. The van der Waals surface area contributed by atoms with Gasteiger partial charge in [0.25, 0.3) is 0 Å². The number of aliphatic hydroxyl groups is 2. The molecule has 1 saturated heterocycles. The third-order valence-electron chi connectivity index (χ3n) is 2.19. The van der Waals surface area contributed by atoms with E-state index < -0.39 is 18.3 Å². The number of nitrogens with zero attached hydrogens (tertiary/aromatic N) is 2. The largest absolute Gasteiger partial charge is 0.388 e. The molecule has 0 radical (unpaired) electrons. The molecule has 3 unspecified atom stereocenters. The first-order valence-electron chi connectivity index (χ1n) is 4.52. The predicted octanol–water partition coefficient (Wildman–Crippen LogP) is -0.575. The molecule has 0 saturated carbocycles. The molecular formula is C8H12N2O4. The average Bonchev–Trinajstić information content (AvgIpc) is 2.75. The van der Waals surface area contributed by atoms with Gasteiger partial charge in [-0.05, 0) is 0 Å². The Hall–Kier alpha value is -0.980. The van der Waals surface area contributed by atoms with E-state index in [2.05, 4.69) is 10.1 Å². The van der Waals surface area contributed by atoms with Gasteiger partial charge in [0.15, 0.2) is 0 Å². The fourth-order valence-corrected chi connectivity index (χ4v) is 1.36. The number of aromatic nitrogens is 2. The van der Waals surface area contributed by atoms with Crippen molar-refractivity contribution in [2.75, 3.05) is 6.61 Å². The van der Waals surface area contributed by atoms with Gasteiger partial charge in [-0.1, -0.05) is 12.1 Å². The molecule has 1 aliphatic heterocycles. The second-order valence-electron chi connectivity index (χ2n) is 3.21. The Balaban J connectivity index is 2.15. The van der Waals surface area contributed by atoms with Crippen molar-refractivity contribution in [1.29, 1.82) is 0 Å². The maximum atomic E-state index is 9.50. The quantitative estimate of drug-likeness (QED) is 0.664. The number of hydrogen-bond donors (Lipinski definition) is 2. The molecule has 1 aromatic heterocycles. The van der Waals surface area contributed by atoms with Gasteiger partial charge in [-0.3, -0.25) is 0 Å². The van der Waals surface area contributed by atoms with Crippen LogP contribution in [0.5, 0.6) is 0 Å². The normalized spacial score (nSPS) is 32.4. The standard InChI is InChI=1S/C8H12N2O4/c1-2-5-9-8(10-14-5)7-6(12)4(11)3-13-7/h4,6-7,11-12H,2-3H2,1H3. The lowest BCUT2D eigenvalue weighted by Crippen LogP contribution is -2.25. The van der Waals surface area contributed by atoms with E-state index in [1.807, 2.05) is 6.92 Å². The van der Waals surface area contributed by atoms with Gasteiger partial charge in [0.05, 0.1) is 6.61 Å². The maximum absolute atomic E-state index is 9.50. The minimum Gasteiger partial charge on any atom is -0.388 e. The number of hydrogen-bond acceptors (Lipinski definition) is 6. The summed E-state index contributed by atoms with van der Waals surface area (Å²) in [5.41, 5.74) is 0. The van der Waals surface area contributed by atoms with E-state index in [-0.39, 0.29) is 6.61 Å². The van der Waals surface area contributed by atoms with Crippen LogP contribution in [0.1, 0.15) is 24.7 Å². The summed E-state index contributed by atoms with van der Waals surface area (Å²) in [7, 11) is 0. The van der Waals surface area contributed by atoms with E-state index in [1.54, 1.807) is 0 Å². The molecular weight excluding hydrogens is 188 g/mol. The Morgan fingerprint density at radius 1 is 1.50 bits per heavy atom. The summed E-state index contributed by atoms with van der Waals surface area (Å²) < 4.78 is 10.0. The van der Waals surface area contributed by atoms with Gasteiger partial charge >= 0.3 is 0 Å². The molecule has 2 heterocycles. The summed E-state index contributed by atoms with van der Waals surface area (Å²) in [6, 6.07) is 0. The van der Waals surface area contributed by atoms with Crippen molar-refractivity contribution in [2.24, 2.45) is 0 Å². The lowest BCUT2D eigenvalue weighted by molar-refractivity contribution is 0.0173. The lowest BCUT2D eigenvalue weighted by Gasteiger charge is -2.09. The van der Waals surface area contributed by atoms with E-state index in [0.717, 1.165) is 0 Å². The molecule has 14 heavy (non-hydrogen) atoms. The van der Waals surface area contributed by atoms with E-state index in [4.69, 9.17) is 9.26 Å². The molecule has 2 N–H and O–H groups in total. The van der Waals surface area contributed by atoms with Crippen LogP contribution in [0.4, 0.5) is 0 Å². The number of ether oxygens (including phenoxy) is 1. The highest BCUT2D eigenvalue weighted by Gasteiger charge is 2.38. The summed E-state index contributed by atoms with van der Waals surface area (Å²) >= 11 is 0. The van der Waals surface area contributed by atoms with Gasteiger partial charge in [0.1, 0.15) is 18.3 Å². The molecule has 1 aliphatic rings. The monoisotopic (exact) mass is 200 g/mol. The van der Waals surface area contributed by atoms with E-state index >= 15 is 0 Å². The van der Waals surface area contributed by atoms with Crippen molar-refractivity contribution in [1.82, 2.24) is 10.1 Å². The Kier molecular flexibility index (Phi) is 2.49. The van der Waals surface area contributed by atoms with Crippen LogP contribution in [0.3, 0.4) is 0 Å². The van der Waals surface area contributed by atoms with Crippen LogP contribution in [-0.4, -0.2) is 39.2 Å². The zero-order valence-electron chi connectivity index (χ0n) is 7.75. The topological polar surface area (TPSA) is 88.6 Å². The molecule has 0 bridgehead atoms. The lowest BCUT2D eigenvalue weighted by atomic mass is 10.1. The van der Waals surface area contributed by atoms with Crippen LogP contribution < -0.4 is 0 Å². The highest BCUT2D eigenvalue weighted by Crippen LogP contribution is 2.27. The SMILES string of the molecule is CCc1nc(C2OCC(O)C2O)no1. The van der Waals surface area contributed by atoms with Crippen LogP contribution >= 0.6 is 0 Å². The predicted molar refractivity (Wildman–Crippen MR) is 44.4 cm³/mol. The van der Waals surface area contributed by atoms with Gasteiger partial charge in [0.2, 0.25) is 11.7 Å². The van der Waals surface area contributed by atoms with Gasteiger partial charge in [-0.25, -0.2) is 0 Å². The third-order valence-corrected chi connectivity index (χ3v) is 2.19. The first kappa shape index (κ1) is 9.57. The summed E-state index contributed by atoms with van der Waals surface area (Å²) in [6.45, 7) is 1.99. The fraction of sp³-hybridized carbons (Fsp3) is 0.750. The second kappa shape index (κ2) is 3.64. The van der Waals surface area contributed by atoms with Gasteiger partial charge < -0.3 is 19.5 Å². The Morgan fingerprint density at radius 2 is 2.29 bits per heavy atom.